The van der Waals surface area contributed by atoms with Crippen molar-refractivity contribution >= 4 is 23.4 Å². The van der Waals surface area contributed by atoms with Gasteiger partial charge in [-0.05, 0) is 49.4 Å². The zero-order valence-corrected chi connectivity index (χ0v) is 21.8. The highest BCUT2D eigenvalue weighted by molar-refractivity contribution is 7.99. The van der Waals surface area contributed by atoms with Crippen LogP contribution < -0.4 is 20.1 Å². The van der Waals surface area contributed by atoms with Crippen LogP contribution in [-0.2, 0) is 17.9 Å². The summed E-state index contributed by atoms with van der Waals surface area (Å²) in [7, 11) is 1.63. The van der Waals surface area contributed by atoms with E-state index in [1.54, 1.807) is 7.11 Å². The first kappa shape index (κ1) is 26.1. The Hall–Kier alpha value is -3.98. The van der Waals surface area contributed by atoms with Gasteiger partial charge in [0.2, 0.25) is 5.91 Å². The lowest BCUT2D eigenvalue weighted by molar-refractivity contribution is -0.120. The first-order valence-electron chi connectivity index (χ1n) is 12.2. The molecule has 1 aromatic heterocycles. The molecule has 4 aromatic rings. The first-order valence-corrected chi connectivity index (χ1v) is 13.1. The second kappa shape index (κ2) is 13.4. The summed E-state index contributed by atoms with van der Waals surface area (Å²) in [6, 6.07) is 25.5. The van der Waals surface area contributed by atoms with Crippen LogP contribution in [0.15, 0.2) is 84.0 Å². The lowest BCUT2D eigenvalue weighted by Gasteiger charge is -2.12. The van der Waals surface area contributed by atoms with Gasteiger partial charge in [0.1, 0.15) is 11.5 Å². The van der Waals surface area contributed by atoms with Crippen molar-refractivity contribution < 1.29 is 14.3 Å². The fraction of sp³-hybridized carbons (Fsp3) is 0.250. The third-order valence-corrected chi connectivity index (χ3v) is 6.49. The lowest BCUT2D eigenvalue weighted by atomic mass is 10.2. The van der Waals surface area contributed by atoms with Crippen LogP contribution in [0.1, 0.15) is 24.7 Å². The van der Waals surface area contributed by atoms with Crippen molar-refractivity contribution in [2.75, 3.05) is 24.8 Å². The summed E-state index contributed by atoms with van der Waals surface area (Å²) >= 11 is 1.51. The molecule has 3 aromatic carbocycles. The molecule has 0 aliphatic rings. The van der Waals surface area contributed by atoms with Crippen LogP contribution in [0.25, 0.3) is 5.69 Å². The van der Waals surface area contributed by atoms with Crippen LogP contribution in [0.4, 0.5) is 5.69 Å². The number of rotatable bonds is 13. The number of aromatic nitrogens is 3. The molecule has 0 unspecified atom stereocenters. The van der Waals surface area contributed by atoms with Crippen molar-refractivity contribution in [3.05, 3.63) is 90.3 Å². The second-order valence-corrected chi connectivity index (χ2v) is 9.13. The number of anilines is 1. The van der Waals surface area contributed by atoms with Gasteiger partial charge in [0.15, 0.2) is 11.0 Å². The molecule has 4 rings (SSSR count). The number of carbonyl (C=O) groups excluding carboxylic acids is 1. The van der Waals surface area contributed by atoms with E-state index in [1.807, 2.05) is 90.4 Å². The number of methoxy groups -OCH3 is 1. The highest BCUT2D eigenvalue weighted by Gasteiger charge is 2.15. The van der Waals surface area contributed by atoms with Gasteiger partial charge in [-0.1, -0.05) is 48.2 Å². The Morgan fingerprint density at radius 2 is 1.70 bits per heavy atom. The molecule has 9 heteroatoms. The van der Waals surface area contributed by atoms with Crippen molar-refractivity contribution in [2.24, 2.45) is 0 Å². The molecular formula is C28H31N5O3S. The van der Waals surface area contributed by atoms with Crippen molar-refractivity contribution in [3.8, 4) is 17.2 Å². The summed E-state index contributed by atoms with van der Waals surface area (Å²) in [4.78, 5) is 12.5. The molecule has 8 nitrogen and oxygen atoms in total. The maximum absolute atomic E-state index is 12.5. The Kier molecular flexibility index (Phi) is 9.42. The van der Waals surface area contributed by atoms with Crippen molar-refractivity contribution in [1.29, 1.82) is 0 Å². The summed E-state index contributed by atoms with van der Waals surface area (Å²) in [5.41, 5.74) is 2.88. The number of benzene rings is 3. The molecule has 192 valence electrons. The Morgan fingerprint density at radius 1 is 0.946 bits per heavy atom. The molecule has 1 heterocycles. The maximum atomic E-state index is 12.5. The van der Waals surface area contributed by atoms with E-state index in [0.29, 0.717) is 31.9 Å². The standard InChI is InChI=1S/C28H31N5O3S/c1-3-36-24-15-13-22(14-16-24)29-20-26-31-32-28(33(26)23-10-5-4-6-11-23)37-18-17-27(34)30-19-21-9-7-8-12-25(21)35-2/h4-16,29H,3,17-20H2,1-2H3,(H,30,34). The van der Waals surface area contributed by atoms with Crippen LogP contribution in [0.3, 0.4) is 0 Å². The lowest BCUT2D eigenvalue weighted by Crippen LogP contribution is -2.23. The first-order chi connectivity index (χ1) is 18.2. The predicted octanol–water partition coefficient (Wildman–Crippen LogP) is 5.09. The smallest absolute Gasteiger partial charge is 0.221 e. The average molecular weight is 518 g/mol. The fourth-order valence-electron chi connectivity index (χ4n) is 3.73. The van der Waals surface area contributed by atoms with Crippen LogP contribution in [0, 0.1) is 0 Å². The van der Waals surface area contributed by atoms with E-state index in [1.165, 1.54) is 11.8 Å². The van der Waals surface area contributed by atoms with Crippen molar-refractivity contribution in [2.45, 2.75) is 31.6 Å². The van der Waals surface area contributed by atoms with Crippen LogP contribution in [0.2, 0.25) is 0 Å². The number of ether oxygens (including phenoxy) is 2. The summed E-state index contributed by atoms with van der Waals surface area (Å²) < 4.78 is 12.9. The van der Waals surface area contributed by atoms with Crippen molar-refractivity contribution in [1.82, 2.24) is 20.1 Å². The van der Waals surface area contributed by atoms with Gasteiger partial charge in [0, 0.05) is 35.7 Å². The van der Waals surface area contributed by atoms with Gasteiger partial charge in [-0.3, -0.25) is 9.36 Å². The Labute approximate surface area is 221 Å². The number of hydrogen-bond donors (Lipinski definition) is 2. The summed E-state index contributed by atoms with van der Waals surface area (Å²) in [5.74, 6) is 2.94. The van der Waals surface area contributed by atoms with E-state index in [9.17, 15) is 4.79 Å². The van der Waals surface area contributed by atoms with Crippen molar-refractivity contribution in [3.63, 3.8) is 0 Å². The molecule has 0 atom stereocenters. The maximum Gasteiger partial charge on any atom is 0.221 e. The SMILES string of the molecule is CCOc1ccc(NCc2nnc(SCCC(=O)NCc3ccccc3OC)n2-c2ccccc2)cc1. The molecule has 1 amide bonds. The number of hydrogen-bond acceptors (Lipinski definition) is 7. The Bertz CT molecular complexity index is 1280. The Morgan fingerprint density at radius 3 is 2.46 bits per heavy atom. The highest BCUT2D eigenvalue weighted by Crippen LogP contribution is 2.24. The van der Waals surface area contributed by atoms with Crippen LogP contribution >= 0.6 is 11.8 Å². The average Bonchev–Trinajstić information content (AvgIpc) is 3.35. The van der Waals surface area contributed by atoms with Gasteiger partial charge >= 0.3 is 0 Å². The number of carbonyl (C=O) groups is 1. The van der Waals surface area contributed by atoms with Crippen LogP contribution in [-0.4, -0.2) is 40.1 Å². The van der Waals surface area contributed by atoms with Gasteiger partial charge in [0.25, 0.3) is 0 Å². The molecule has 0 saturated carbocycles. The van der Waals surface area contributed by atoms with E-state index < -0.39 is 0 Å². The van der Waals surface area contributed by atoms with Gasteiger partial charge in [-0.15, -0.1) is 10.2 Å². The monoisotopic (exact) mass is 517 g/mol. The summed E-state index contributed by atoms with van der Waals surface area (Å²) in [5, 5.41) is 16.0. The topological polar surface area (TPSA) is 90.3 Å². The minimum absolute atomic E-state index is 0.0263. The number of thioether (sulfide) groups is 1. The summed E-state index contributed by atoms with van der Waals surface area (Å²) in [6.07, 6.45) is 0.362. The zero-order valence-electron chi connectivity index (χ0n) is 21.0. The molecule has 0 fully saturated rings. The molecule has 0 radical (unpaired) electrons. The molecule has 2 N–H and O–H groups in total. The molecule has 0 saturated heterocycles. The molecule has 0 bridgehead atoms. The normalized spacial score (nSPS) is 10.6. The molecule has 0 aliphatic carbocycles. The van der Waals surface area contributed by atoms with Gasteiger partial charge < -0.3 is 20.1 Å². The quantitative estimate of drug-likeness (QED) is 0.239. The zero-order chi connectivity index (χ0) is 25.9. The summed E-state index contributed by atoms with van der Waals surface area (Å²) in [6.45, 7) is 3.52. The van der Waals surface area contributed by atoms with E-state index in [2.05, 4.69) is 20.8 Å². The molecule has 0 aliphatic heterocycles. The molecule has 0 spiro atoms. The van der Waals surface area contributed by atoms with Crippen LogP contribution in [0.5, 0.6) is 11.5 Å². The van der Waals surface area contributed by atoms with E-state index in [-0.39, 0.29) is 5.91 Å². The third-order valence-electron chi connectivity index (χ3n) is 5.56. The minimum atomic E-state index is -0.0263. The molecular weight excluding hydrogens is 486 g/mol. The van der Waals surface area contributed by atoms with Gasteiger partial charge in [0.05, 0.1) is 20.3 Å². The fourth-order valence-corrected chi connectivity index (χ4v) is 4.64. The second-order valence-electron chi connectivity index (χ2n) is 8.07. The van der Waals surface area contributed by atoms with E-state index in [0.717, 1.165) is 39.4 Å². The number of para-hydroxylation sites is 2. The third kappa shape index (κ3) is 7.27. The largest absolute Gasteiger partial charge is 0.496 e. The highest BCUT2D eigenvalue weighted by atomic mass is 32.2. The Balaban J connectivity index is 1.37. The van der Waals surface area contributed by atoms with Gasteiger partial charge in [-0.25, -0.2) is 0 Å². The number of nitrogens with zero attached hydrogens (tertiary/aromatic N) is 3. The number of nitrogens with one attached hydrogen (secondary N) is 2. The predicted molar refractivity (Wildman–Crippen MR) is 146 cm³/mol. The molecule has 37 heavy (non-hydrogen) atoms. The van der Waals surface area contributed by atoms with E-state index in [4.69, 9.17) is 9.47 Å². The number of amides is 1. The minimum Gasteiger partial charge on any atom is -0.496 e. The van der Waals surface area contributed by atoms with Gasteiger partial charge in [-0.2, -0.15) is 0 Å². The van der Waals surface area contributed by atoms with E-state index >= 15 is 0 Å².